The molecule has 0 fully saturated rings. The first kappa shape index (κ1) is 12.2. The van der Waals surface area contributed by atoms with Gasteiger partial charge in [-0.15, -0.1) is 0 Å². The predicted molar refractivity (Wildman–Crippen MR) is 58.6 cm³/mol. The molecular formula is C10H14N4O2. The Hall–Kier alpha value is -1.92. The summed E-state index contributed by atoms with van der Waals surface area (Å²) in [6, 6.07) is 9.14. The second kappa shape index (κ2) is 4.73. The second-order valence-electron chi connectivity index (χ2n) is 3.40. The average Bonchev–Trinajstić information content (AvgIpc) is 2.27. The maximum atomic E-state index is 11.4. The van der Waals surface area contributed by atoms with E-state index in [1.165, 1.54) is 0 Å². The molecule has 1 aromatic rings. The summed E-state index contributed by atoms with van der Waals surface area (Å²) in [5, 5.41) is 2.43. The lowest BCUT2D eigenvalue weighted by atomic mass is 10.1. The fourth-order valence-corrected chi connectivity index (χ4v) is 1.04. The Morgan fingerprint density at radius 2 is 1.75 bits per heavy atom. The summed E-state index contributed by atoms with van der Waals surface area (Å²) in [5.41, 5.74) is 14.1. The van der Waals surface area contributed by atoms with Crippen LogP contribution in [0.25, 0.3) is 0 Å². The minimum absolute atomic E-state index is 0.239. The maximum absolute atomic E-state index is 11.4. The number of benzene rings is 1. The molecule has 7 N–H and O–H groups in total. The molecule has 1 rings (SSSR count). The number of rotatable bonds is 4. The van der Waals surface area contributed by atoms with Crippen molar-refractivity contribution in [1.29, 1.82) is 0 Å². The Morgan fingerprint density at radius 1 is 1.19 bits per heavy atom. The first-order valence-corrected chi connectivity index (χ1v) is 4.64. The fraction of sp³-hybridized carbons (Fsp3) is 0.200. The van der Waals surface area contributed by atoms with Crippen LogP contribution in [0.1, 0.15) is 5.56 Å². The van der Waals surface area contributed by atoms with Crippen LogP contribution in [0, 0.1) is 0 Å². The minimum Gasteiger partial charge on any atom is -0.366 e. The summed E-state index contributed by atoms with van der Waals surface area (Å²) >= 11 is 0. The second-order valence-corrected chi connectivity index (χ2v) is 3.40. The van der Waals surface area contributed by atoms with E-state index in [1.807, 2.05) is 30.3 Å². The van der Waals surface area contributed by atoms with Crippen molar-refractivity contribution in [2.45, 2.75) is 12.2 Å². The smallest absolute Gasteiger partial charge is 0.265 e. The van der Waals surface area contributed by atoms with Crippen LogP contribution in [0.2, 0.25) is 0 Å². The molecule has 86 valence electrons. The molecule has 6 heteroatoms. The topological polar surface area (TPSA) is 124 Å². The molecule has 0 aromatic heterocycles. The lowest BCUT2D eigenvalue weighted by Gasteiger charge is -2.19. The van der Waals surface area contributed by atoms with Crippen LogP contribution in [0.15, 0.2) is 30.3 Å². The molecule has 1 aromatic carbocycles. The Labute approximate surface area is 92.8 Å². The van der Waals surface area contributed by atoms with E-state index in [0.29, 0.717) is 0 Å². The lowest BCUT2D eigenvalue weighted by molar-refractivity contribution is -0.135. The summed E-state index contributed by atoms with van der Waals surface area (Å²) in [5.74, 6) is -1.87. The third-order valence-corrected chi connectivity index (χ3v) is 2.08. The summed E-state index contributed by atoms with van der Waals surface area (Å²) in [6.07, 6.45) is 0. The fourth-order valence-electron chi connectivity index (χ4n) is 1.04. The number of carbonyl (C=O) groups excluding carboxylic acids is 2. The highest BCUT2D eigenvalue weighted by atomic mass is 16.2. The van der Waals surface area contributed by atoms with Gasteiger partial charge in [-0.1, -0.05) is 30.3 Å². The summed E-state index contributed by atoms with van der Waals surface area (Å²) in [6.45, 7) is 0.239. The monoisotopic (exact) mass is 222 g/mol. The molecule has 2 amide bonds. The van der Waals surface area contributed by atoms with E-state index in [4.69, 9.17) is 17.2 Å². The van der Waals surface area contributed by atoms with E-state index in [-0.39, 0.29) is 6.54 Å². The largest absolute Gasteiger partial charge is 0.366 e. The van der Waals surface area contributed by atoms with Gasteiger partial charge in [-0.3, -0.25) is 21.1 Å². The highest BCUT2D eigenvalue weighted by molar-refractivity contribution is 6.07. The van der Waals surface area contributed by atoms with E-state index < -0.39 is 17.5 Å². The number of carbonyl (C=O) groups is 2. The minimum atomic E-state index is -2.17. The number of amides is 2. The van der Waals surface area contributed by atoms with E-state index in [0.717, 1.165) is 5.56 Å². The highest BCUT2D eigenvalue weighted by Gasteiger charge is 2.35. The van der Waals surface area contributed by atoms with E-state index in [1.54, 1.807) is 0 Å². The zero-order chi connectivity index (χ0) is 12.2. The van der Waals surface area contributed by atoms with Crippen molar-refractivity contribution in [2.75, 3.05) is 0 Å². The summed E-state index contributed by atoms with van der Waals surface area (Å²) in [7, 11) is 0. The lowest BCUT2D eigenvalue weighted by Crippen LogP contribution is -2.68. The van der Waals surface area contributed by atoms with Crippen LogP contribution in [0.3, 0.4) is 0 Å². The Morgan fingerprint density at radius 3 is 2.25 bits per heavy atom. The van der Waals surface area contributed by atoms with Crippen LogP contribution in [0.5, 0.6) is 0 Å². The molecule has 0 saturated carbocycles. The van der Waals surface area contributed by atoms with Crippen molar-refractivity contribution in [3.63, 3.8) is 0 Å². The molecule has 0 aliphatic rings. The normalized spacial score (nSPS) is 10.9. The van der Waals surface area contributed by atoms with E-state index in [9.17, 15) is 9.59 Å². The molecule has 0 unspecified atom stereocenters. The quantitative estimate of drug-likeness (QED) is 0.362. The predicted octanol–water partition coefficient (Wildman–Crippen LogP) is -1.60. The average molecular weight is 222 g/mol. The van der Waals surface area contributed by atoms with Gasteiger partial charge in [-0.05, 0) is 5.56 Å². The van der Waals surface area contributed by atoms with Gasteiger partial charge < -0.3 is 11.1 Å². The molecule has 0 aliphatic heterocycles. The van der Waals surface area contributed by atoms with E-state index >= 15 is 0 Å². The number of nitrogens with one attached hydrogen (secondary N) is 1. The van der Waals surface area contributed by atoms with Crippen molar-refractivity contribution in [3.05, 3.63) is 35.9 Å². The van der Waals surface area contributed by atoms with Gasteiger partial charge in [-0.2, -0.15) is 0 Å². The van der Waals surface area contributed by atoms with Gasteiger partial charge >= 0.3 is 0 Å². The van der Waals surface area contributed by atoms with Crippen molar-refractivity contribution in [2.24, 2.45) is 17.2 Å². The van der Waals surface area contributed by atoms with Gasteiger partial charge in [0.1, 0.15) is 0 Å². The van der Waals surface area contributed by atoms with Crippen molar-refractivity contribution >= 4 is 11.8 Å². The van der Waals surface area contributed by atoms with Gasteiger partial charge in [0.05, 0.1) is 0 Å². The number of hydrogen-bond donors (Lipinski definition) is 4. The van der Waals surface area contributed by atoms with Gasteiger partial charge in [0.2, 0.25) is 5.66 Å². The maximum Gasteiger partial charge on any atom is 0.265 e. The summed E-state index contributed by atoms with van der Waals surface area (Å²) in [4.78, 5) is 22.2. The Balaban J connectivity index is 2.57. The van der Waals surface area contributed by atoms with Crippen LogP contribution < -0.4 is 22.5 Å². The summed E-state index contributed by atoms with van der Waals surface area (Å²) < 4.78 is 0. The number of hydrogen-bond acceptors (Lipinski definition) is 4. The molecule has 0 atom stereocenters. The van der Waals surface area contributed by atoms with Crippen molar-refractivity contribution in [1.82, 2.24) is 5.32 Å². The Bertz CT molecular complexity index is 389. The molecular weight excluding hydrogens is 208 g/mol. The molecule has 16 heavy (non-hydrogen) atoms. The molecule has 0 radical (unpaired) electrons. The van der Waals surface area contributed by atoms with Gasteiger partial charge in [0.25, 0.3) is 11.8 Å². The van der Waals surface area contributed by atoms with Crippen molar-refractivity contribution < 1.29 is 9.59 Å². The standard InChI is InChI=1S/C10H14N4O2/c11-8(15)10(12,13)9(16)14-6-7-4-2-1-3-5-7/h1-5H,6,12-13H2,(H2,11,15)(H,14,16). The third-order valence-electron chi connectivity index (χ3n) is 2.08. The highest BCUT2D eigenvalue weighted by Crippen LogP contribution is 1.98. The molecule has 0 aliphatic carbocycles. The van der Waals surface area contributed by atoms with Crippen molar-refractivity contribution in [3.8, 4) is 0 Å². The van der Waals surface area contributed by atoms with Crippen LogP contribution >= 0.6 is 0 Å². The van der Waals surface area contributed by atoms with Gasteiger partial charge in [0, 0.05) is 6.54 Å². The third kappa shape index (κ3) is 2.78. The van der Waals surface area contributed by atoms with Crippen LogP contribution in [-0.2, 0) is 16.1 Å². The molecule has 0 spiro atoms. The van der Waals surface area contributed by atoms with Crippen LogP contribution in [0.4, 0.5) is 0 Å². The SMILES string of the molecule is NC(=O)C(N)(N)C(=O)NCc1ccccc1. The van der Waals surface area contributed by atoms with Crippen LogP contribution in [-0.4, -0.2) is 17.5 Å². The molecule has 0 saturated heterocycles. The zero-order valence-corrected chi connectivity index (χ0v) is 8.64. The first-order chi connectivity index (χ1) is 7.44. The zero-order valence-electron chi connectivity index (χ0n) is 8.64. The number of nitrogens with two attached hydrogens (primary N) is 3. The van der Waals surface area contributed by atoms with Gasteiger partial charge in [-0.25, -0.2) is 0 Å². The number of primary amides is 1. The molecule has 0 bridgehead atoms. The first-order valence-electron chi connectivity index (χ1n) is 4.64. The molecule has 0 heterocycles. The molecule has 6 nitrogen and oxygen atoms in total. The van der Waals surface area contributed by atoms with Gasteiger partial charge in [0.15, 0.2) is 0 Å². The van der Waals surface area contributed by atoms with E-state index in [2.05, 4.69) is 5.32 Å². The Kier molecular flexibility index (Phi) is 3.60.